The van der Waals surface area contributed by atoms with Gasteiger partial charge in [-0.3, -0.25) is 0 Å². The minimum atomic E-state index is 0.883. The molecule has 1 heterocycles. The molecule has 272 valence electrons. The molecule has 3 nitrogen and oxygen atoms in total. The third kappa shape index (κ3) is 7.43. The van der Waals surface area contributed by atoms with Gasteiger partial charge in [0.1, 0.15) is 11.2 Å². The van der Waals surface area contributed by atoms with Crippen molar-refractivity contribution < 1.29 is 4.42 Å². The molecule has 3 heteroatoms. The van der Waals surface area contributed by atoms with E-state index in [4.69, 9.17) is 4.42 Å². The van der Waals surface area contributed by atoms with Crippen LogP contribution in [-0.2, 0) is 0 Å². The highest BCUT2D eigenvalue weighted by molar-refractivity contribution is 6.06. The third-order valence-corrected chi connectivity index (χ3v) is 10.3. The van der Waals surface area contributed by atoms with Crippen LogP contribution < -0.4 is 9.80 Å². The van der Waals surface area contributed by atoms with Gasteiger partial charge in [0.05, 0.1) is 0 Å². The standard InChI is InChI=1S/C54H40N2O/c1-2-40(20-15-37-55(46-21-8-4-9-22-46)47-31-27-42(28-32-47)41-16-6-3-7-17-41)44-18-14-19-45(38-44)43-29-33-49(34-30-43)56(48-23-10-5-11-24-48)50-35-36-54-52(39-50)51-25-12-13-26-53(51)57-54/h2-39H,1H2/b37-15+,40-20+. The maximum atomic E-state index is 6.15. The van der Waals surface area contributed by atoms with Gasteiger partial charge in [-0.15, -0.1) is 0 Å². The topological polar surface area (TPSA) is 19.6 Å². The summed E-state index contributed by atoms with van der Waals surface area (Å²) in [6.07, 6.45) is 8.26. The van der Waals surface area contributed by atoms with E-state index in [0.717, 1.165) is 72.6 Å². The molecule has 9 rings (SSSR count). The first kappa shape index (κ1) is 35.1. The lowest BCUT2D eigenvalue weighted by Gasteiger charge is -2.25. The summed E-state index contributed by atoms with van der Waals surface area (Å²) in [6, 6.07) is 72.2. The molecule has 0 aliphatic rings. The van der Waals surface area contributed by atoms with Gasteiger partial charge in [0.2, 0.25) is 0 Å². The van der Waals surface area contributed by atoms with Crippen LogP contribution in [0.2, 0.25) is 0 Å². The predicted octanol–water partition coefficient (Wildman–Crippen LogP) is 15.3. The zero-order chi connectivity index (χ0) is 38.4. The maximum Gasteiger partial charge on any atom is 0.135 e. The van der Waals surface area contributed by atoms with E-state index in [9.17, 15) is 0 Å². The second-order valence-corrected chi connectivity index (χ2v) is 13.9. The molecular formula is C54H40N2O. The van der Waals surface area contributed by atoms with E-state index in [1.807, 2.05) is 30.3 Å². The molecule has 0 saturated carbocycles. The average Bonchev–Trinajstić information content (AvgIpc) is 3.66. The zero-order valence-corrected chi connectivity index (χ0v) is 31.4. The van der Waals surface area contributed by atoms with Crippen molar-refractivity contribution in [3.05, 3.63) is 243 Å². The number of fused-ring (bicyclic) bond motifs is 3. The molecule has 0 amide bonds. The molecule has 9 aromatic rings. The van der Waals surface area contributed by atoms with Gasteiger partial charge in [0.25, 0.3) is 0 Å². The quantitative estimate of drug-likeness (QED) is 0.123. The third-order valence-electron chi connectivity index (χ3n) is 10.3. The molecule has 0 radical (unpaired) electrons. The number of hydrogen-bond acceptors (Lipinski definition) is 3. The molecule has 8 aromatic carbocycles. The predicted molar refractivity (Wildman–Crippen MR) is 242 cm³/mol. The highest BCUT2D eigenvalue weighted by Gasteiger charge is 2.16. The van der Waals surface area contributed by atoms with Crippen molar-refractivity contribution in [1.29, 1.82) is 0 Å². The lowest BCUT2D eigenvalue weighted by atomic mass is 9.98. The van der Waals surface area contributed by atoms with E-state index in [0.29, 0.717) is 0 Å². The Kier molecular flexibility index (Phi) is 9.86. The number of rotatable bonds is 11. The summed E-state index contributed by atoms with van der Waals surface area (Å²) in [5, 5.41) is 2.21. The Hall–Kier alpha value is -7.62. The van der Waals surface area contributed by atoms with Crippen molar-refractivity contribution >= 4 is 55.9 Å². The van der Waals surface area contributed by atoms with Crippen LogP contribution in [0, 0.1) is 0 Å². The van der Waals surface area contributed by atoms with Crippen LogP contribution in [0.1, 0.15) is 5.56 Å². The van der Waals surface area contributed by atoms with Gasteiger partial charge >= 0.3 is 0 Å². The summed E-state index contributed by atoms with van der Waals surface area (Å²) in [6.45, 7) is 4.19. The Balaban J connectivity index is 0.993. The van der Waals surface area contributed by atoms with Crippen LogP contribution in [0.25, 0.3) is 49.8 Å². The van der Waals surface area contributed by atoms with Crippen molar-refractivity contribution in [3.63, 3.8) is 0 Å². The lowest BCUT2D eigenvalue weighted by Crippen LogP contribution is -2.09. The Bertz CT molecular complexity index is 2840. The number of benzene rings is 8. The second-order valence-electron chi connectivity index (χ2n) is 13.9. The van der Waals surface area contributed by atoms with Crippen LogP contribution in [0.3, 0.4) is 0 Å². The molecule has 0 atom stereocenters. The molecule has 0 bridgehead atoms. The molecular weight excluding hydrogens is 693 g/mol. The number of nitrogens with zero attached hydrogens (tertiary/aromatic N) is 2. The van der Waals surface area contributed by atoms with Crippen LogP contribution in [0.5, 0.6) is 0 Å². The fourth-order valence-corrected chi connectivity index (χ4v) is 7.43. The highest BCUT2D eigenvalue weighted by atomic mass is 16.3. The normalized spacial score (nSPS) is 11.6. The Morgan fingerprint density at radius 3 is 1.67 bits per heavy atom. The van der Waals surface area contributed by atoms with Crippen LogP contribution in [0.15, 0.2) is 242 Å². The van der Waals surface area contributed by atoms with Gasteiger partial charge in [-0.25, -0.2) is 0 Å². The van der Waals surface area contributed by atoms with Crippen molar-refractivity contribution in [1.82, 2.24) is 0 Å². The summed E-state index contributed by atoms with van der Waals surface area (Å²) < 4.78 is 6.15. The van der Waals surface area contributed by atoms with Gasteiger partial charge in [-0.05, 0) is 118 Å². The summed E-state index contributed by atoms with van der Waals surface area (Å²) in [5.41, 5.74) is 14.0. The molecule has 0 aliphatic carbocycles. The highest BCUT2D eigenvalue weighted by Crippen LogP contribution is 2.39. The average molecular weight is 733 g/mol. The van der Waals surface area contributed by atoms with E-state index in [1.165, 1.54) is 11.1 Å². The minimum absolute atomic E-state index is 0.883. The molecule has 0 spiro atoms. The minimum Gasteiger partial charge on any atom is -0.456 e. The SMILES string of the molecule is C=C/C(=C\C=C\N(c1ccccc1)c1ccc(-c2ccccc2)cc1)c1cccc(-c2ccc(N(c3ccccc3)c3ccc4oc5ccccc5c4c3)cc2)c1. The van der Waals surface area contributed by atoms with E-state index in [2.05, 4.69) is 217 Å². The maximum absolute atomic E-state index is 6.15. The molecule has 0 saturated heterocycles. The fourth-order valence-electron chi connectivity index (χ4n) is 7.43. The Morgan fingerprint density at radius 1 is 0.421 bits per heavy atom. The smallest absolute Gasteiger partial charge is 0.135 e. The largest absolute Gasteiger partial charge is 0.456 e. The van der Waals surface area contributed by atoms with E-state index < -0.39 is 0 Å². The number of hydrogen-bond donors (Lipinski definition) is 0. The monoisotopic (exact) mass is 732 g/mol. The molecule has 0 unspecified atom stereocenters. The van der Waals surface area contributed by atoms with Crippen LogP contribution in [0.4, 0.5) is 28.4 Å². The lowest BCUT2D eigenvalue weighted by molar-refractivity contribution is 0.669. The Labute approximate surface area is 334 Å². The number of anilines is 5. The summed E-state index contributed by atoms with van der Waals surface area (Å²) in [4.78, 5) is 4.50. The molecule has 0 aliphatic heterocycles. The number of furan rings is 1. The van der Waals surface area contributed by atoms with Crippen molar-refractivity contribution in [2.24, 2.45) is 0 Å². The molecule has 1 aromatic heterocycles. The summed E-state index contributed by atoms with van der Waals surface area (Å²) >= 11 is 0. The van der Waals surface area contributed by atoms with Gasteiger partial charge in [0, 0.05) is 45.4 Å². The molecule has 0 N–H and O–H groups in total. The van der Waals surface area contributed by atoms with Crippen LogP contribution >= 0.6 is 0 Å². The van der Waals surface area contributed by atoms with Crippen molar-refractivity contribution in [2.45, 2.75) is 0 Å². The summed E-state index contributed by atoms with van der Waals surface area (Å²) in [5.74, 6) is 0. The number of para-hydroxylation sites is 3. The first-order valence-corrected chi connectivity index (χ1v) is 19.2. The van der Waals surface area contributed by atoms with Gasteiger partial charge in [-0.1, -0.05) is 146 Å². The van der Waals surface area contributed by atoms with E-state index >= 15 is 0 Å². The fraction of sp³-hybridized carbons (Fsp3) is 0. The van der Waals surface area contributed by atoms with Crippen LogP contribution in [-0.4, -0.2) is 0 Å². The first-order valence-electron chi connectivity index (χ1n) is 19.2. The van der Waals surface area contributed by atoms with Crippen molar-refractivity contribution in [2.75, 3.05) is 9.80 Å². The number of allylic oxidation sites excluding steroid dienone is 4. The Morgan fingerprint density at radius 2 is 0.947 bits per heavy atom. The van der Waals surface area contributed by atoms with Gasteiger partial charge < -0.3 is 14.2 Å². The van der Waals surface area contributed by atoms with Crippen molar-refractivity contribution in [3.8, 4) is 22.3 Å². The first-order chi connectivity index (χ1) is 28.2. The molecule has 57 heavy (non-hydrogen) atoms. The van der Waals surface area contributed by atoms with Gasteiger partial charge in [-0.2, -0.15) is 0 Å². The zero-order valence-electron chi connectivity index (χ0n) is 31.4. The molecule has 0 fully saturated rings. The second kappa shape index (κ2) is 16.0. The van der Waals surface area contributed by atoms with E-state index in [-0.39, 0.29) is 0 Å². The van der Waals surface area contributed by atoms with Gasteiger partial charge in [0.15, 0.2) is 0 Å². The van der Waals surface area contributed by atoms with E-state index in [1.54, 1.807) is 0 Å². The summed E-state index contributed by atoms with van der Waals surface area (Å²) in [7, 11) is 0.